The molecule has 122 valence electrons. The van der Waals surface area contributed by atoms with Crippen molar-refractivity contribution in [3.8, 4) is 0 Å². The van der Waals surface area contributed by atoms with Gasteiger partial charge in [0, 0.05) is 23.1 Å². The summed E-state index contributed by atoms with van der Waals surface area (Å²) in [6, 6.07) is 4.41. The van der Waals surface area contributed by atoms with Crippen molar-refractivity contribution in [2.24, 2.45) is 0 Å². The molecule has 0 bridgehead atoms. The topological polar surface area (TPSA) is 45.3 Å². The Morgan fingerprint density at radius 1 is 1.30 bits per heavy atom. The van der Waals surface area contributed by atoms with Gasteiger partial charge in [-0.3, -0.25) is 4.90 Å². The minimum atomic E-state index is -0.558. The quantitative estimate of drug-likeness (QED) is 0.863. The Bertz CT molecular complexity index is 833. The molecule has 0 radical (unpaired) electrons. The smallest absolute Gasteiger partial charge is 0.411 e. The van der Waals surface area contributed by atoms with Gasteiger partial charge in [-0.1, -0.05) is 19.1 Å². The number of aryl methyl sites for hydroxylation is 2. The van der Waals surface area contributed by atoms with Crippen molar-refractivity contribution in [1.29, 1.82) is 0 Å². The number of nitrogens with zero attached hydrogens (tertiary/aromatic N) is 1. The van der Waals surface area contributed by atoms with Crippen molar-refractivity contribution in [3.63, 3.8) is 0 Å². The number of rotatable bonds is 1. The molecule has 1 aromatic carbocycles. The molecule has 4 rings (SSSR count). The van der Waals surface area contributed by atoms with Gasteiger partial charge in [-0.25, -0.2) is 4.79 Å². The summed E-state index contributed by atoms with van der Waals surface area (Å²) in [4.78, 5) is 18.0. The lowest BCUT2D eigenvalue weighted by atomic mass is 9.76. The number of nitrogens with one attached hydrogen (secondary N) is 1. The van der Waals surface area contributed by atoms with Gasteiger partial charge < -0.3 is 9.72 Å². The van der Waals surface area contributed by atoms with Crippen LogP contribution in [0.25, 0.3) is 10.9 Å². The Balaban J connectivity index is 2.12. The SMILES string of the molecule is CCc1ccc2c3c(c(C)[nH]c13)CCN1C(=O)OC(C)(C)[C@@]21C. The van der Waals surface area contributed by atoms with Gasteiger partial charge in [-0.15, -0.1) is 0 Å². The first kappa shape index (κ1) is 14.6. The molecule has 0 unspecified atom stereocenters. The van der Waals surface area contributed by atoms with E-state index in [0.29, 0.717) is 6.54 Å². The average molecular weight is 312 g/mol. The highest BCUT2D eigenvalue weighted by Gasteiger charge is 2.59. The van der Waals surface area contributed by atoms with Gasteiger partial charge in [-0.2, -0.15) is 0 Å². The Morgan fingerprint density at radius 3 is 2.74 bits per heavy atom. The van der Waals surface area contributed by atoms with E-state index in [1.807, 2.05) is 18.7 Å². The zero-order chi connectivity index (χ0) is 16.6. The van der Waals surface area contributed by atoms with Gasteiger partial charge in [0.25, 0.3) is 0 Å². The lowest BCUT2D eigenvalue weighted by Gasteiger charge is -2.40. The zero-order valence-corrected chi connectivity index (χ0v) is 14.5. The fourth-order valence-electron chi connectivity index (χ4n) is 4.45. The molecule has 1 saturated heterocycles. The fraction of sp³-hybridized carbons (Fsp3) is 0.526. The summed E-state index contributed by atoms with van der Waals surface area (Å²) < 4.78 is 5.74. The number of H-pyrrole nitrogens is 1. The summed E-state index contributed by atoms with van der Waals surface area (Å²) in [5.74, 6) is 0. The molecule has 1 aromatic heterocycles. The molecule has 23 heavy (non-hydrogen) atoms. The van der Waals surface area contributed by atoms with E-state index < -0.39 is 11.1 Å². The first-order valence-corrected chi connectivity index (χ1v) is 8.45. The summed E-state index contributed by atoms with van der Waals surface area (Å²) in [6.45, 7) is 11.2. The first-order valence-electron chi connectivity index (χ1n) is 8.45. The second-order valence-corrected chi connectivity index (χ2v) is 7.46. The molecule has 4 heteroatoms. The van der Waals surface area contributed by atoms with E-state index in [9.17, 15) is 4.79 Å². The summed E-state index contributed by atoms with van der Waals surface area (Å²) in [6.07, 6.45) is 1.67. The lowest BCUT2D eigenvalue weighted by Crippen LogP contribution is -2.50. The Hall–Kier alpha value is -1.97. The number of ether oxygens (including phenoxy) is 1. The average Bonchev–Trinajstić information content (AvgIpc) is 2.82. The van der Waals surface area contributed by atoms with Crippen LogP contribution in [0.4, 0.5) is 4.79 Å². The minimum Gasteiger partial charge on any atom is -0.440 e. The number of carbonyl (C=O) groups excluding carboxylic acids is 1. The van der Waals surface area contributed by atoms with Crippen LogP contribution in [0.5, 0.6) is 0 Å². The van der Waals surface area contributed by atoms with Crippen LogP contribution in [0.1, 0.15) is 50.1 Å². The normalized spacial score (nSPS) is 25.4. The monoisotopic (exact) mass is 312 g/mol. The van der Waals surface area contributed by atoms with Crippen molar-refractivity contribution < 1.29 is 9.53 Å². The van der Waals surface area contributed by atoms with Gasteiger partial charge in [0.15, 0.2) is 0 Å². The van der Waals surface area contributed by atoms with E-state index in [1.165, 1.54) is 33.3 Å². The standard InChI is InChI=1S/C19H24N2O2/c1-6-12-7-8-14-15-13(11(2)20-16(12)15)9-10-21-17(22)23-18(3,4)19(14,21)5/h7-8,20H,6,9-10H2,1-5H3/t19-/m1/s1. The number of hydrogen-bond donors (Lipinski definition) is 1. The largest absolute Gasteiger partial charge is 0.440 e. The fourth-order valence-corrected chi connectivity index (χ4v) is 4.45. The van der Waals surface area contributed by atoms with Crippen LogP contribution in [-0.4, -0.2) is 28.1 Å². The molecule has 2 aromatic rings. The van der Waals surface area contributed by atoms with Gasteiger partial charge in [0.2, 0.25) is 0 Å². The second-order valence-electron chi connectivity index (χ2n) is 7.46. The van der Waals surface area contributed by atoms with E-state index in [1.54, 1.807) is 0 Å². The number of hydrogen-bond acceptors (Lipinski definition) is 2. The maximum atomic E-state index is 12.5. The molecular formula is C19H24N2O2. The number of aromatic amines is 1. The highest BCUT2D eigenvalue weighted by molar-refractivity contribution is 5.93. The third-order valence-electron chi connectivity index (χ3n) is 6.12. The van der Waals surface area contributed by atoms with Crippen LogP contribution < -0.4 is 0 Å². The van der Waals surface area contributed by atoms with Crippen molar-refractivity contribution in [2.75, 3.05) is 6.54 Å². The van der Waals surface area contributed by atoms with Crippen LogP contribution in [0.3, 0.4) is 0 Å². The predicted molar refractivity (Wildman–Crippen MR) is 90.7 cm³/mol. The number of cyclic esters (lactones) is 1. The summed E-state index contributed by atoms with van der Waals surface area (Å²) in [5.41, 5.74) is 5.33. The molecular weight excluding hydrogens is 288 g/mol. The number of aromatic nitrogens is 1. The van der Waals surface area contributed by atoms with E-state index in [-0.39, 0.29) is 6.09 Å². The third-order valence-corrected chi connectivity index (χ3v) is 6.12. The van der Waals surface area contributed by atoms with Crippen molar-refractivity contribution in [1.82, 2.24) is 9.88 Å². The summed E-state index contributed by atoms with van der Waals surface area (Å²) >= 11 is 0. The minimum absolute atomic E-state index is 0.197. The van der Waals surface area contributed by atoms with E-state index in [4.69, 9.17) is 4.74 Å². The maximum Gasteiger partial charge on any atom is 0.411 e. The predicted octanol–water partition coefficient (Wildman–Crippen LogP) is 4.04. The van der Waals surface area contributed by atoms with Crippen molar-refractivity contribution in [3.05, 3.63) is 34.5 Å². The Labute approximate surface area is 136 Å². The van der Waals surface area contributed by atoms with Crippen LogP contribution in [-0.2, 0) is 23.1 Å². The van der Waals surface area contributed by atoms with Gasteiger partial charge in [-0.05, 0) is 57.2 Å². The highest BCUT2D eigenvalue weighted by atomic mass is 16.6. The molecule has 2 aliphatic rings. The van der Waals surface area contributed by atoms with E-state index in [0.717, 1.165) is 12.8 Å². The van der Waals surface area contributed by atoms with E-state index in [2.05, 4.69) is 37.9 Å². The molecule has 2 aliphatic heterocycles. The van der Waals surface area contributed by atoms with Crippen LogP contribution >= 0.6 is 0 Å². The number of benzene rings is 1. The summed E-state index contributed by atoms with van der Waals surface area (Å²) in [5, 5.41) is 1.30. The van der Waals surface area contributed by atoms with Crippen LogP contribution in [0.2, 0.25) is 0 Å². The first-order chi connectivity index (χ1) is 10.8. The summed E-state index contributed by atoms with van der Waals surface area (Å²) in [7, 11) is 0. The van der Waals surface area contributed by atoms with Crippen molar-refractivity contribution in [2.45, 2.75) is 58.6 Å². The molecule has 3 heterocycles. The molecule has 0 spiro atoms. The lowest BCUT2D eigenvalue weighted by molar-refractivity contribution is 0.0242. The molecule has 1 N–H and O–H groups in total. The van der Waals surface area contributed by atoms with Crippen molar-refractivity contribution >= 4 is 17.0 Å². The molecule has 0 saturated carbocycles. The number of carbonyl (C=O) groups is 1. The molecule has 4 nitrogen and oxygen atoms in total. The number of fused-ring (bicyclic) bond motifs is 2. The van der Waals surface area contributed by atoms with Gasteiger partial charge in [0.1, 0.15) is 11.1 Å². The molecule has 0 aliphatic carbocycles. The molecule has 1 amide bonds. The van der Waals surface area contributed by atoms with Gasteiger partial charge >= 0.3 is 6.09 Å². The Morgan fingerprint density at radius 2 is 2.04 bits per heavy atom. The maximum absolute atomic E-state index is 12.5. The molecule has 1 fully saturated rings. The van der Waals surface area contributed by atoms with E-state index >= 15 is 0 Å². The third kappa shape index (κ3) is 1.59. The number of amides is 1. The van der Waals surface area contributed by atoms with Crippen LogP contribution in [0, 0.1) is 6.92 Å². The van der Waals surface area contributed by atoms with Crippen LogP contribution in [0.15, 0.2) is 12.1 Å². The highest BCUT2D eigenvalue weighted by Crippen LogP contribution is 2.51. The Kier molecular flexibility index (Phi) is 2.74. The zero-order valence-electron chi connectivity index (χ0n) is 14.5. The van der Waals surface area contributed by atoms with Gasteiger partial charge in [0.05, 0.1) is 0 Å². The molecule has 1 atom stereocenters. The second kappa shape index (κ2) is 4.31.